The third-order valence-corrected chi connectivity index (χ3v) is 3.49. The Balaban J connectivity index is 2.63. The van der Waals surface area contributed by atoms with E-state index in [1.807, 2.05) is 6.92 Å². The van der Waals surface area contributed by atoms with Crippen LogP contribution in [0.1, 0.15) is 40.5 Å². The number of hydrogen-bond donors (Lipinski definition) is 1. The van der Waals surface area contributed by atoms with E-state index in [1.165, 1.54) is 6.42 Å². The van der Waals surface area contributed by atoms with Crippen LogP contribution in [-0.4, -0.2) is 10.7 Å². The molecular weight excluding hydrogens is 136 g/mol. The summed E-state index contributed by atoms with van der Waals surface area (Å²) in [5.74, 6) is 1.93. The van der Waals surface area contributed by atoms with Gasteiger partial charge in [-0.25, -0.2) is 0 Å². The second-order valence-corrected chi connectivity index (χ2v) is 4.65. The Morgan fingerprint density at radius 2 is 1.73 bits per heavy atom. The fourth-order valence-corrected chi connectivity index (χ4v) is 2.10. The van der Waals surface area contributed by atoms with Crippen molar-refractivity contribution in [3.63, 3.8) is 0 Å². The maximum absolute atomic E-state index is 9.93. The molecule has 4 atom stereocenters. The Labute approximate surface area is 69.8 Å². The first-order chi connectivity index (χ1) is 4.93. The standard InChI is InChI=1S/C10H20O/c1-7-5-9(3)10(4,11)6-8(7)2/h7-9,11H,5-6H2,1-4H3/t7?,8-,9?,10-/m1/s1. The summed E-state index contributed by atoms with van der Waals surface area (Å²) in [6.07, 6.45) is 2.14. The van der Waals surface area contributed by atoms with Crippen molar-refractivity contribution in [2.45, 2.75) is 46.1 Å². The Morgan fingerprint density at radius 3 is 2.18 bits per heavy atom. The fourth-order valence-electron chi connectivity index (χ4n) is 2.10. The first-order valence-electron chi connectivity index (χ1n) is 4.66. The van der Waals surface area contributed by atoms with Gasteiger partial charge >= 0.3 is 0 Å². The first kappa shape index (κ1) is 9.05. The zero-order valence-corrected chi connectivity index (χ0v) is 8.09. The number of aliphatic hydroxyl groups is 1. The maximum atomic E-state index is 9.93. The lowest BCUT2D eigenvalue weighted by atomic mass is 9.68. The fraction of sp³-hybridized carbons (Fsp3) is 1.00. The Morgan fingerprint density at radius 1 is 1.18 bits per heavy atom. The monoisotopic (exact) mass is 156 g/mol. The number of rotatable bonds is 0. The quantitative estimate of drug-likeness (QED) is 0.571. The summed E-state index contributed by atoms with van der Waals surface area (Å²) in [5.41, 5.74) is -0.411. The lowest BCUT2D eigenvalue weighted by molar-refractivity contribution is -0.0570. The number of hydrogen-bond acceptors (Lipinski definition) is 1. The van der Waals surface area contributed by atoms with Crippen LogP contribution in [0.4, 0.5) is 0 Å². The second-order valence-electron chi connectivity index (χ2n) is 4.65. The van der Waals surface area contributed by atoms with Gasteiger partial charge in [-0.1, -0.05) is 20.8 Å². The molecule has 1 aliphatic rings. The van der Waals surface area contributed by atoms with Gasteiger partial charge in [0, 0.05) is 0 Å². The van der Waals surface area contributed by atoms with Gasteiger partial charge in [-0.2, -0.15) is 0 Å². The van der Waals surface area contributed by atoms with Gasteiger partial charge in [-0.05, 0) is 37.5 Å². The maximum Gasteiger partial charge on any atom is 0.0647 e. The topological polar surface area (TPSA) is 20.2 Å². The Kier molecular flexibility index (Phi) is 2.29. The van der Waals surface area contributed by atoms with Gasteiger partial charge in [-0.3, -0.25) is 0 Å². The predicted molar refractivity (Wildman–Crippen MR) is 47.3 cm³/mol. The van der Waals surface area contributed by atoms with E-state index in [2.05, 4.69) is 20.8 Å². The Bertz CT molecular complexity index is 140. The molecular formula is C10H20O. The van der Waals surface area contributed by atoms with Gasteiger partial charge in [0.2, 0.25) is 0 Å². The van der Waals surface area contributed by atoms with Gasteiger partial charge in [0.05, 0.1) is 5.60 Å². The van der Waals surface area contributed by atoms with E-state index in [0.29, 0.717) is 11.8 Å². The minimum Gasteiger partial charge on any atom is -0.390 e. The minimum atomic E-state index is -0.411. The molecule has 2 unspecified atom stereocenters. The lowest BCUT2D eigenvalue weighted by Crippen LogP contribution is -2.41. The van der Waals surface area contributed by atoms with Crippen molar-refractivity contribution in [3.8, 4) is 0 Å². The molecule has 1 nitrogen and oxygen atoms in total. The molecule has 11 heavy (non-hydrogen) atoms. The van der Waals surface area contributed by atoms with Crippen LogP contribution in [0, 0.1) is 17.8 Å². The van der Waals surface area contributed by atoms with Crippen LogP contribution in [-0.2, 0) is 0 Å². The lowest BCUT2D eigenvalue weighted by Gasteiger charge is -2.41. The summed E-state index contributed by atoms with van der Waals surface area (Å²) in [6, 6.07) is 0. The highest BCUT2D eigenvalue weighted by atomic mass is 16.3. The van der Waals surface area contributed by atoms with E-state index in [-0.39, 0.29) is 0 Å². The van der Waals surface area contributed by atoms with Crippen molar-refractivity contribution < 1.29 is 5.11 Å². The summed E-state index contributed by atoms with van der Waals surface area (Å²) < 4.78 is 0. The van der Waals surface area contributed by atoms with E-state index in [1.54, 1.807) is 0 Å². The predicted octanol–water partition coefficient (Wildman–Crippen LogP) is 2.44. The zero-order chi connectivity index (χ0) is 8.65. The van der Waals surface area contributed by atoms with Crippen molar-refractivity contribution >= 4 is 0 Å². The molecule has 0 aromatic heterocycles. The SMILES string of the molecule is CC1CC(C)[C@](C)(O)C[C@H]1C. The van der Waals surface area contributed by atoms with E-state index in [9.17, 15) is 5.11 Å². The first-order valence-corrected chi connectivity index (χ1v) is 4.66. The molecule has 1 heteroatoms. The summed E-state index contributed by atoms with van der Waals surface area (Å²) >= 11 is 0. The molecule has 1 saturated carbocycles. The van der Waals surface area contributed by atoms with E-state index in [4.69, 9.17) is 0 Å². The molecule has 1 N–H and O–H groups in total. The van der Waals surface area contributed by atoms with Crippen LogP contribution < -0.4 is 0 Å². The van der Waals surface area contributed by atoms with Crippen LogP contribution in [0.15, 0.2) is 0 Å². The molecule has 1 aliphatic carbocycles. The van der Waals surface area contributed by atoms with E-state index >= 15 is 0 Å². The van der Waals surface area contributed by atoms with Crippen molar-refractivity contribution in [1.29, 1.82) is 0 Å². The minimum absolute atomic E-state index is 0.411. The highest BCUT2D eigenvalue weighted by Gasteiger charge is 2.37. The zero-order valence-electron chi connectivity index (χ0n) is 8.09. The van der Waals surface area contributed by atoms with E-state index < -0.39 is 5.60 Å². The average Bonchev–Trinajstić information content (AvgIpc) is 1.83. The smallest absolute Gasteiger partial charge is 0.0647 e. The van der Waals surface area contributed by atoms with Crippen molar-refractivity contribution in [2.75, 3.05) is 0 Å². The largest absolute Gasteiger partial charge is 0.390 e. The normalized spacial score (nSPS) is 52.6. The van der Waals surface area contributed by atoms with Gasteiger partial charge in [0.25, 0.3) is 0 Å². The van der Waals surface area contributed by atoms with Crippen LogP contribution >= 0.6 is 0 Å². The van der Waals surface area contributed by atoms with Crippen molar-refractivity contribution in [3.05, 3.63) is 0 Å². The molecule has 0 aromatic carbocycles. The highest BCUT2D eigenvalue weighted by molar-refractivity contribution is 4.88. The molecule has 1 rings (SSSR count). The second kappa shape index (κ2) is 2.78. The summed E-state index contributed by atoms with van der Waals surface area (Å²) in [7, 11) is 0. The van der Waals surface area contributed by atoms with Crippen LogP contribution in [0.5, 0.6) is 0 Å². The van der Waals surface area contributed by atoms with Gasteiger partial charge in [0.15, 0.2) is 0 Å². The molecule has 0 aromatic rings. The van der Waals surface area contributed by atoms with Crippen molar-refractivity contribution in [1.82, 2.24) is 0 Å². The van der Waals surface area contributed by atoms with Gasteiger partial charge in [0.1, 0.15) is 0 Å². The summed E-state index contributed by atoms with van der Waals surface area (Å²) in [5, 5.41) is 9.93. The molecule has 0 radical (unpaired) electrons. The van der Waals surface area contributed by atoms with Gasteiger partial charge in [-0.15, -0.1) is 0 Å². The molecule has 66 valence electrons. The summed E-state index contributed by atoms with van der Waals surface area (Å²) in [4.78, 5) is 0. The highest BCUT2D eigenvalue weighted by Crippen LogP contribution is 2.39. The molecule has 0 aliphatic heterocycles. The van der Waals surface area contributed by atoms with Crippen molar-refractivity contribution in [2.24, 2.45) is 17.8 Å². The third-order valence-electron chi connectivity index (χ3n) is 3.49. The van der Waals surface area contributed by atoms with E-state index in [0.717, 1.165) is 12.3 Å². The molecule has 0 bridgehead atoms. The summed E-state index contributed by atoms with van der Waals surface area (Å²) in [6.45, 7) is 8.66. The van der Waals surface area contributed by atoms with Crippen LogP contribution in [0.2, 0.25) is 0 Å². The molecule has 0 amide bonds. The molecule has 1 fully saturated rings. The van der Waals surface area contributed by atoms with Crippen LogP contribution in [0.25, 0.3) is 0 Å². The molecule has 0 heterocycles. The average molecular weight is 156 g/mol. The Hall–Kier alpha value is -0.0400. The molecule has 0 spiro atoms. The van der Waals surface area contributed by atoms with Crippen LogP contribution in [0.3, 0.4) is 0 Å². The van der Waals surface area contributed by atoms with Gasteiger partial charge < -0.3 is 5.11 Å². The molecule has 0 saturated heterocycles. The third kappa shape index (κ3) is 1.76.